The Bertz CT molecular complexity index is 696. The van der Waals surface area contributed by atoms with Gasteiger partial charge < -0.3 is 10.5 Å². The number of primary amides is 1. The van der Waals surface area contributed by atoms with Gasteiger partial charge in [-0.05, 0) is 42.7 Å². The summed E-state index contributed by atoms with van der Waals surface area (Å²) < 4.78 is 17.4. The first-order valence-electron chi connectivity index (χ1n) is 7.43. The molecule has 23 heavy (non-hydrogen) atoms. The summed E-state index contributed by atoms with van der Waals surface area (Å²) in [6.45, 7) is 3.98. The number of ether oxygens (including phenoxy) is 1. The summed E-state index contributed by atoms with van der Waals surface area (Å²) in [6, 6.07) is 15.7. The lowest BCUT2D eigenvalue weighted by molar-refractivity contribution is -0.115. The van der Waals surface area contributed by atoms with Crippen molar-refractivity contribution in [1.82, 2.24) is 0 Å². The predicted molar refractivity (Wildman–Crippen MR) is 93.5 cm³/mol. The lowest BCUT2D eigenvalue weighted by Crippen LogP contribution is -2.20. The van der Waals surface area contributed by atoms with Gasteiger partial charge in [-0.1, -0.05) is 36.4 Å². The van der Waals surface area contributed by atoms with Gasteiger partial charge in [-0.15, -0.1) is 0 Å². The summed E-state index contributed by atoms with van der Waals surface area (Å²) in [6.07, 6.45) is 0.143. The zero-order chi connectivity index (χ0) is 16.8. The third kappa shape index (κ3) is 5.53. The summed E-state index contributed by atoms with van der Waals surface area (Å²) in [7, 11) is -1.27. The van der Waals surface area contributed by atoms with Gasteiger partial charge in [0.25, 0.3) is 0 Å². The molecule has 2 rings (SSSR count). The van der Waals surface area contributed by atoms with Gasteiger partial charge in [0, 0.05) is 16.6 Å². The van der Waals surface area contributed by atoms with Crippen molar-refractivity contribution in [2.75, 3.05) is 5.75 Å². The number of hydrogen-bond donors (Lipinski definition) is 1. The van der Waals surface area contributed by atoms with Crippen molar-refractivity contribution in [2.24, 2.45) is 5.73 Å². The summed E-state index contributed by atoms with van der Waals surface area (Å²) in [5.41, 5.74) is 8.09. The Morgan fingerprint density at radius 2 is 1.83 bits per heavy atom. The number of amides is 1. The van der Waals surface area contributed by atoms with Crippen LogP contribution < -0.4 is 10.5 Å². The fourth-order valence-corrected chi connectivity index (χ4v) is 3.21. The third-order valence-electron chi connectivity index (χ3n) is 3.12. The highest BCUT2D eigenvalue weighted by Crippen LogP contribution is 2.24. The van der Waals surface area contributed by atoms with Crippen LogP contribution in [0.4, 0.5) is 0 Å². The molecule has 0 aliphatic rings. The fraction of sp³-hybridized carbons (Fsp3) is 0.278. The zero-order valence-electron chi connectivity index (χ0n) is 13.3. The van der Waals surface area contributed by atoms with Crippen molar-refractivity contribution in [3.05, 3.63) is 54.1 Å². The van der Waals surface area contributed by atoms with E-state index in [2.05, 4.69) is 0 Å². The van der Waals surface area contributed by atoms with E-state index in [1.54, 1.807) is 0 Å². The molecule has 1 unspecified atom stereocenters. The van der Waals surface area contributed by atoms with Crippen LogP contribution in [0.15, 0.2) is 48.5 Å². The fourth-order valence-electron chi connectivity index (χ4n) is 2.23. The van der Waals surface area contributed by atoms with E-state index in [9.17, 15) is 9.00 Å². The molecule has 2 aromatic carbocycles. The van der Waals surface area contributed by atoms with Gasteiger partial charge in [0.15, 0.2) is 0 Å². The predicted octanol–water partition coefficient (Wildman–Crippen LogP) is 2.87. The molecule has 0 spiro atoms. The van der Waals surface area contributed by atoms with E-state index in [4.69, 9.17) is 10.5 Å². The molecule has 2 N–H and O–H groups in total. The molecule has 0 aromatic heterocycles. The number of rotatable bonds is 7. The Balaban J connectivity index is 2.12. The van der Waals surface area contributed by atoms with Gasteiger partial charge >= 0.3 is 0 Å². The molecule has 1 amide bonds. The first kappa shape index (κ1) is 17.2. The summed E-state index contributed by atoms with van der Waals surface area (Å²) >= 11 is 0. The van der Waals surface area contributed by atoms with E-state index >= 15 is 0 Å². The molecule has 0 saturated heterocycles. The van der Waals surface area contributed by atoms with Crippen LogP contribution in [0.2, 0.25) is 0 Å². The van der Waals surface area contributed by atoms with Crippen molar-refractivity contribution >= 4 is 16.7 Å². The van der Waals surface area contributed by atoms with Crippen LogP contribution in [0.5, 0.6) is 5.75 Å². The SMILES string of the molecule is CC(C)Oc1ccc(-c2cccc(CS(=O)CC(N)=O)c2)cc1. The molecule has 2 aromatic rings. The molecule has 0 radical (unpaired) electrons. The minimum absolute atomic E-state index is 0.106. The molecule has 0 saturated carbocycles. The minimum Gasteiger partial charge on any atom is -0.491 e. The summed E-state index contributed by atoms with van der Waals surface area (Å²) in [5.74, 6) is 0.513. The van der Waals surface area contributed by atoms with E-state index in [-0.39, 0.29) is 11.9 Å². The highest BCUT2D eigenvalue weighted by atomic mass is 32.2. The van der Waals surface area contributed by atoms with Gasteiger partial charge in [0.05, 0.1) is 6.10 Å². The lowest BCUT2D eigenvalue weighted by atomic mass is 10.0. The molecule has 0 aliphatic carbocycles. The Morgan fingerprint density at radius 1 is 1.13 bits per heavy atom. The van der Waals surface area contributed by atoms with Crippen LogP contribution >= 0.6 is 0 Å². The maximum Gasteiger partial charge on any atom is 0.230 e. The lowest BCUT2D eigenvalue weighted by Gasteiger charge is -2.10. The number of benzene rings is 2. The zero-order valence-corrected chi connectivity index (χ0v) is 14.1. The first-order chi connectivity index (χ1) is 10.9. The molecule has 122 valence electrons. The van der Waals surface area contributed by atoms with Crippen molar-refractivity contribution in [1.29, 1.82) is 0 Å². The van der Waals surface area contributed by atoms with Crippen LogP contribution in [0.25, 0.3) is 11.1 Å². The van der Waals surface area contributed by atoms with Crippen LogP contribution in [0.3, 0.4) is 0 Å². The largest absolute Gasteiger partial charge is 0.491 e. The monoisotopic (exact) mass is 331 g/mol. The van der Waals surface area contributed by atoms with Crippen LogP contribution in [-0.4, -0.2) is 22.0 Å². The topological polar surface area (TPSA) is 69.4 Å². The molecule has 5 heteroatoms. The van der Waals surface area contributed by atoms with Gasteiger partial charge in [-0.3, -0.25) is 9.00 Å². The maximum atomic E-state index is 11.8. The van der Waals surface area contributed by atoms with E-state index in [1.165, 1.54) is 0 Å². The van der Waals surface area contributed by atoms with Crippen LogP contribution in [0, 0.1) is 0 Å². The Morgan fingerprint density at radius 3 is 2.43 bits per heavy atom. The molecular weight excluding hydrogens is 310 g/mol. The Labute approximate surface area is 139 Å². The average molecular weight is 331 g/mol. The van der Waals surface area contributed by atoms with Crippen molar-refractivity contribution in [3.8, 4) is 16.9 Å². The standard InChI is InChI=1S/C18H21NO3S/c1-13(2)22-17-8-6-15(7-9-17)16-5-3-4-14(10-16)11-23(21)12-18(19)20/h3-10,13H,11-12H2,1-2H3,(H2,19,20). The van der Waals surface area contributed by atoms with E-state index in [0.717, 1.165) is 22.4 Å². The number of hydrogen-bond acceptors (Lipinski definition) is 3. The van der Waals surface area contributed by atoms with E-state index in [0.29, 0.717) is 5.75 Å². The molecule has 0 heterocycles. The molecule has 1 atom stereocenters. The molecule has 0 bridgehead atoms. The number of nitrogens with two attached hydrogens (primary N) is 1. The Hall–Kier alpha value is -2.14. The minimum atomic E-state index is -1.27. The normalized spacial score (nSPS) is 12.1. The molecular formula is C18H21NO3S. The van der Waals surface area contributed by atoms with E-state index < -0.39 is 16.7 Å². The van der Waals surface area contributed by atoms with Gasteiger partial charge in [0.2, 0.25) is 5.91 Å². The highest BCUT2D eigenvalue weighted by molar-refractivity contribution is 7.84. The maximum absolute atomic E-state index is 11.8. The number of carbonyl (C=O) groups is 1. The van der Waals surface area contributed by atoms with Crippen molar-refractivity contribution in [3.63, 3.8) is 0 Å². The smallest absolute Gasteiger partial charge is 0.230 e. The van der Waals surface area contributed by atoms with Gasteiger partial charge in [-0.2, -0.15) is 0 Å². The molecule has 0 aliphatic heterocycles. The average Bonchev–Trinajstić information content (AvgIpc) is 2.46. The molecule has 0 fully saturated rings. The van der Waals surface area contributed by atoms with Gasteiger partial charge in [0.1, 0.15) is 11.5 Å². The number of carbonyl (C=O) groups excluding carboxylic acids is 1. The highest BCUT2D eigenvalue weighted by Gasteiger charge is 2.07. The van der Waals surface area contributed by atoms with Crippen molar-refractivity contribution < 1.29 is 13.7 Å². The second kappa shape index (κ2) is 7.92. The summed E-state index contributed by atoms with van der Waals surface area (Å²) in [5, 5.41) is 0. The third-order valence-corrected chi connectivity index (χ3v) is 4.38. The molecule has 4 nitrogen and oxygen atoms in total. The van der Waals surface area contributed by atoms with Crippen LogP contribution in [-0.2, 0) is 21.3 Å². The second-order valence-corrected chi connectivity index (χ2v) is 7.04. The summed E-state index contributed by atoms with van der Waals surface area (Å²) in [4.78, 5) is 10.8. The first-order valence-corrected chi connectivity index (χ1v) is 8.92. The van der Waals surface area contributed by atoms with E-state index in [1.807, 2.05) is 62.4 Å². The van der Waals surface area contributed by atoms with Gasteiger partial charge in [-0.25, -0.2) is 0 Å². The Kier molecular flexibility index (Phi) is 5.93. The van der Waals surface area contributed by atoms with Crippen LogP contribution in [0.1, 0.15) is 19.4 Å². The second-order valence-electron chi connectivity index (χ2n) is 5.59. The quantitative estimate of drug-likeness (QED) is 0.848. The van der Waals surface area contributed by atoms with Crippen molar-refractivity contribution in [2.45, 2.75) is 25.7 Å².